The monoisotopic (exact) mass is 263 g/mol. The Morgan fingerprint density at radius 2 is 2.17 bits per heavy atom. The van der Waals surface area contributed by atoms with Gasteiger partial charge in [0, 0.05) is 17.8 Å². The molecule has 1 amide bonds. The molecule has 0 aliphatic rings. The number of nitrogens with one attached hydrogen (secondary N) is 2. The fourth-order valence-electron chi connectivity index (χ4n) is 1.60. The highest BCUT2D eigenvalue weighted by Crippen LogP contribution is 2.20. The van der Waals surface area contributed by atoms with Crippen LogP contribution in [0.15, 0.2) is 36.5 Å². The van der Waals surface area contributed by atoms with Crippen molar-refractivity contribution in [2.24, 2.45) is 0 Å². The molecule has 0 saturated carbocycles. The maximum absolute atomic E-state index is 11.9. The highest BCUT2D eigenvalue weighted by atomic mass is 35.5. The zero-order chi connectivity index (χ0) is 13.0. The van der Waals surface area contributed by atoms with Crippen molar-refractivity contribution in [3.05, 3.63) is 53.3 Å². The van der Waals surface area contributed by atoms with E-state index in [0.717, 1.165) is 16.8 Å². The van der Waals surface area contributed by atoms with Crippen molar-refractivity contribution in [3.8, 4) is 0 Å². The minimum Gasteiger partial charge on any atom is -0.350 e. The number of carbonyl (C=O) groups excluding carboxylic acids is 1. The van der Waals surface area contributed by atoms with Crippen LogP contribution in [-0.4, -0.2) is 16.1 Å². The summed E-state index contributed by atoms with van der Waals surface area (Å²) >= 11 is 6.10. The minimum absolute atomic E-state index is 0.205. The lowest BCUT2D eigenvalue weighted by Crippen LogP contribution is -2.26. The van der Waals surface area contributed by atoms with Crippen LogP contribution in [-0.2, 0) is 11.3 Å². The number of alkyl halides is 1. The SMILES string of the molecule is Cc1[nH]ncc1CNC(=O)C(Cl)c1ccccc1. The molecule has 0 radical (unpaired) electrons. The molecule has 0 saturated heterocycles. The Kier molecular flexibility index (Phi) is 3.99. The summed E-state index contributed by atoms with van der Waals surface area (Å²) in [5.41, 5.74) is 2.70. The Bertz CT molecular complexity index is 524. The van der Waals surface area contributed by atoms with E-state index >= 15 is 0 Å². The molecular weight excluding hydrogens is 250 g/mol. The number of halogens is 1. The Morgan fingerprint density at radius 1 is 1.44 bits per heavy atom. The molecule has 1 atom stereocenters. The van der Waals surface area contributed by atoms with Gasteiger partial charge in [-0.25, -0.2) is 0 Å². The van der Waals surface area contributed by atoms with Crippen LogP contribution >= 0.6 is 11.6 Å². The molecule has 4 nitrogen and oxygen atoms in total. The third-order valence-electron chi connectivity index (χ3n) is 2.71. The van der Waals surface area contributed by atoms with Crippen molar-refractivity contribution in [2.75, 3.05) is 0 Å². The van der Waals surface area contributed by atoms with Crippen molar-refractivity contribution < 1.29 is 4.79 Å². The zero-order valence-electron chi connectivity index (χ0n) is 9.98. The summed E-state index contributed by atoms with van der Waals surface area (Å²) in [6.45, 7) is 2.33. The Labute approximate surface area is 110 Å². The van der Waals surface area contributed by atoms with Crippen LogP contribution in [0.5, 0.6) is 0 Å². The van der Waals surface area contributed by atoms with Gasteiger partial charge in [0.2, 0.25) is 5.91 Å². The summed E-state index contributed by atoms with van der Waals surface area (Å²) in [6, 6.07) is 9.27. The number of aromatic amines is 1. The molecule has 0 spiro atoms. The second-order valence-electron chi connectivity index (χ2n) is 4.01. The smallest absolute Gasteiger partial charge is 0.242 e. The third kappa shape index (κ3) is 2.90. The number of hydrogen-bond acceptors (Lipinski definition) is 2. The number of aromatic nitrogens is 2. The van der Waals surface area contributed by atoms with Crippen molar-refractivity contribution >= 4 is 17.5 Å². The van der Waals surface area contributed by atoms with E-state index in [1.807, 2.05) is 37.3 Å². The average Bonchev–Trinajstić information content (AvgIpc) is 2.81. The number of nitrogens with zero attached hydrogens (tertiary/aromatic N) is 1. The molecule has 2 rings (SSSR count). The summed E-state index contributed by atoms with van der Waals surface area (Å²) < 4.78 is 0. The van der Waals surface area contributed by atoms with Gasteiger partial charge >= 0.3 is 0 Å². The van der Waals surface area contributed by atoms with Gasteiger partial charge < -0.3 is 5.32 Å². The second kappa shape index (κ2) is 5.69. The molecule has 2 N–H and O–H groups in total. The molecule has 94 valence electrons. The largest absolute Gasteiger partial charge is 0.350 e. The minimum atomic E-state index is -0.668. The topological polar surface area (TPSA) is 57.8 Å². The number of H-pyrrole nitrogens is 1. The Hall–Kier alpha value is -1.81. The van der Waals surface area contributed by atoms with E-state index in [4.69, 9.17) is 11.6 Å². The van der Waals surface area contributed by atoms with Gasteiger partial charge in [0.1, 0.15) is 5.38 Å². The maximum atomic E-state index is 11.9. The van der Waals surface area contributed by atoms with E-state index in [2.05, 4.69) is 15.5 Å². The van der Waals surface area contributed by atoms with Gasteiger partial charge in [-0.05, 0) is 12.5 Å². The van der Waals surface area contributed by atoms with E-state index in [-0.39, 0.29) is 5.91 Å². The molecule has 1 unspecified atom stereocenters. The quantitative estimate of drug-likeness (QED) is 0.832. The lowest BCUT2D eigenvalue weighted by molar-refractivity contribution is -0.121. The molecule has 0 bridgehead atoms. The summed E-state index contributed by atoms with van der Waals surface area (Å²) in [5.74, 6) is -0.205. The molecule has 2 aromatic rings. The van der Waals surface area contributed by atoms with Crippen LogP contribution in [0, 0.1) is 6.92 Å². The lowest BCUT2D eigenvalue weighted by Gasteiger charge is -2.10. The van der Waals surface area contributed by atoms with Crippen LogP contribution in [0.25, 0.3) is 0 Å². The fraction of sp³-hybridized carbons (Fsp3) is 0.231. The van der Waals surface area contributed by atoms with Crippen LogP contribution in [0.4, 0.5) is 0 Å². The summed E-state index contributed by atoms with van der Waals surface area (Å²) in [5, 5.41) is 8.84. The predicted molar refractivity (Wildman–Crippen MR) is 70.2 cm³/mol. The number of benzene rings is 1. The molecule has 0 aliphatic heterocycles. The number of carbonyl (C=O) groups is 1. The lowest BCUT2D eigenvalue weighted by atomic mass is 10.1. The summed E-state index contributed by atoms with van der Waals surface area (Å²) in [6.07, 6.45) is 1.70. The first-order chi connectivity index (χ1) is 8.68. The van der Waals surface area contributed by atoms with E-state index in [1.54, 1.807) is 6.20 Å². The standard InChI is InChI=1S/C13H14ClN3O/c1-9-11(8-16-17-9)7-15-13(18)12(14)10-5-3-2-4-6-10/h2-6,8,12H,7H2,1H3,(H,15,18)(H,16,17). The average molecular weight is 264 g/mol. The van der Waals surface area contributed by atoms with Gasteiger partial charge in [-0.1, -0.05) is 30.3 Å². The van der Waals surface area contributed by atoms with E-state index in [0.29, 0.717) is 6.54 Å². The molecule has 1 aromatic carbocycles. The number of aryl methyl sites for hydroxylation is 1. The molecule has 0 aliphatic carbocycles. The van der Waals surface area contributed by atoms with Crippen molar-refractivity contribution in [1.29, 1.82) is 0 Å². The molecule has 18 heavy (non-hydrogen) atoms. The maximum Gasteiger partial charge on any atom is 0.242 e. The number of hydrogen-bond donors (Lipinski definition) is 2. The van der Waals surface area contributed by atoms with E-state index in [1.165, 1.54) is 0 Å². The fourth-order valence-corrected chi connectivity index (χ4v) is 1.82. The molecule has 0 fully saturated rings. The highest BCUT2D eigenvalue weighted by Gasteiger charge is 2.17. The van der Waals surface area contributed by atoms with Gasteiger partial charge in [0.15, 0.2) is 0 Å². The normalized spacial score (nSPS) is 12.1. The van der Waals surface area contributed by atoms with E-state index in [9.17, 15) is 4.79 Å². The zero-order valence-corrected chi connectivity index (χ0v) is 10.7. The van der Waals surface area contributed by atoms with Gasteiger partial charge in [-0.15, -0.1) is 11.6 Å². The van der Waals surface area contributed by atoms with Crippen LogP contribution < -0.4 is 5.32 Å². The van der Waals surface area contributed by atoms with Crippen molar-refractivity contribution in [1.82, 2.24) is 15.5 Å². The van der Waals surface area contributed by atoms with E-state index < -0.39 is 5.38 Å². The third-order valence-corrected chi connectivity index (χ3v) is 3.16. The summed E-state index contributed by atoms with van der Waals surface area (Å²) in [7, 11) is 0. The summed E-state index contributed by atoms with van der Waals surface area (Å²) in [4.78, 5) is 11.9. The van der Waals surface area contributed by atoms with Crippen molar-refractivity contribution in [2.45, 2.75) is 18.8 Å². The first-order valence-electron chi connectivity index (χ1n) is 5.64. The Morgan fingerprint density at radius 3 is 2.78 bits per heavy atom. The first-order valence-corrected chi connectivity index (χ1v) is 6.07. The van der Waals surface area contributed by atoms with Crippen LogP contribution in [0.3, 0.4) is 0 Å². The molecule has 5 heteroatoms. The highest BCUT2D eigenvalue weighted by molar-refractivity contribution is 6.30. The number of amides is 1. The van der Waals surface area contributed by atoms with Gasteiger partial charge in [-0.3, -0.25) is 9.89 Å². The molecular formula is C13H14ClN3O. The van der Waals surface area contributed by atoms with Gasteiger partial charge in [0.05, 0.1) is 6.20 Å². The predicted octanol–water partition coefficient (Wildman–Crippen LogP) is 2.31. The van der Waals surface area contributed by atoms with Gasteiger partial charge in [-0.2, -0.15) is 5.10 Å². The second-order valence-corrected chi connectivity index (χ2v) is 4.45. The van der Waals surface area contributed by atoms with Crippen LogP contribution in [0.2, 0.25) is 0 Å². The first kappa shape index (κ1) is 12.6. The Balaban J connectivity index is 1.95. The molecule has 1 aromatic heterocycles. The molecule has 1 heterocycles. The van der Waals surface area contributed by atoms with Crippen molar-refractivity contribution in [3.63, 3.8) is 0 Å². The van der Waals surface area contributed by atoms with Gasteiger partial charge in [0.25, 0.3) is 0 Å². The number of rotatable bonds is 4. The van der Waals surface area contributed by atoms with Crippen LogP contribution in [0.1, 0.15) is 22.2 Å².